The summed E-state index contributed by atoms with van der Waals surface area (Å²) in [6.45, 7) is 1.46. The Hall–Kier alpha value is -3.04. The summed E-state index contributed by atoms with van der Waals surface area (Å²) in [4.78, 5) is 32.0. The van der Waals surface area contributed by atoms with Gasteiger partial charge >= 0.3 is 5.97 Å². The van der Waals surface area contributed by atoms with E-state index in [1.54, 1.807) is 11.4 Å². The maximum absolute atomic E-state index is 15.8. The molecule has 3 aliphatic rings. The van der Waals surface area contributed by atoms with Crippen LogP contribution in [0.3, 0.4) is 0 Å². The maximum Gasteiger partial charge on any atom is 0.342 e. The molecule has 168 valence electrons. The van der Waals surface area contributed by atoms with Crippen LogP contribution in [0.15, 0.2) is 33.4 Å². The topological polar surface area (TPSA) is 86.4 Å². The molecule has 0 spiro atoms. The minimum atomic E-state index is -1.30. The van der Waals surface area contributed by atoms with Gasteiger partial charge in [-0.25, -0.2) is 9.18 Å². The van der Waals surface area contributed by atoms with Crippen LogP contribution in [0.5, 0.6) is 0 Å². The quantitative estimate of drug-likeness (QED) is 0.455. The number of aromatic nitrogens is 1. The van der Waals surface area contributed by atoms with Gasteiger partial charge in [0.15, 0.2) is 0 Å². The molecule has 2 fully saturated rings. The van der Waals surface area contributed by atoms with E-state index in [0.717, 1.165) is 19.5 Å². The number of nitrogens with one attached hydrogen (secondary N) is 1. The molecule has 2 N–H and O–H groups in total. The molecule has 33 heavy (non-hydrogen) atoms. The molecular weight excluding hydrogens is 443 g/mol. The lowest BCUT2D eigenvalue weighted by Gasteiger charge is -2.32. The number of thiazole rings is 1. The van der Waals surface area contributed by atoms with Gasteiger partial charge in [0.25, 0.3) is 0 Å². The molecule has 0 amide bonds. The number of carbonyl (C=O) groups is 1. The molecule has 1 saturated carbocycles. The highest BCUT2D eigenvalue weighted by atomic mass is 32.1. The van der Waals surface area contributed by atoms with Crippen molar-refractivity contribution in [2.45, 2.75) is 12.0 Å². The lowest BCUT2D eigenvalue weighted by Crippen LogP contribution is -2.46. The number of carboxylic acid groups (broad SMARTS) is 1. The summed E-state index contributed by atoms with van der Waals surface area (Å²) < 4.78 is 17.6. The van der Waals surface area contributed by atoms with Crippen LogP contribution in [0.25, 0.3) is 26.6 Å². The van der Waals surface area contributed by atoms with Crippen LogP contribution in [0.4, 0.5) is 10.1 Å². The molecule has 1 aromatic carbocycles. The normalized spacial score (nSPS) is 29.0. The van der Waals surface area contributed by atoms with Crippen molar-refractivity contribution in [3.8, 4) is 0 Å². The summed E-state index contributed by atoms with van der Waals surface area (Å²) >= 11 is 1.21. The number of allylic oxidation sites excluding steroid dienone is 1. The molecule has 4 unspecified atom stereocenters. The van der Waals surface area contributed by atoms with Gasteiger partial charge in [-0.05, 0) is 31.4 Å². The van der Waals surface area contributed by atoms with Crippen molar-refractivity contribution < 1.29 is 14.3 Å². The Balaban J connectivity index is 1.53. The number of rotatable bonds is 3. The standard InChI is InChI=1S/C24H21FN4O3S/c1-26-18-15-9-33-22-17(23(31)32)21(30)11-5-14(25)20(16(18)19(11)29(15)22)28-7-12-10-3-4-24(6-10,27-2)13(12)8-28/h3-5,9-10,12-13,27H,6-8H2,1-2H3,(H,31,32). The van der Waals surface area contributed by atoms with E-state index >= 15 is 4.39 Å². The third kappa shape index (κ3) is 2.11. The zero-order valence-electron chi connectivity index (χ0n) is 18.1. The number of likely N-dealkylation sites (N-methyl/N-ethyl adjacent to an activating group) is 1. The molecule has 4 heterocycles. The molecule has 7 nitrogen and oxygen atoms in total. The van der Waals surface area contributed by atoms with Crippen molar-refractivity contribution in [3.63, 3.8) is 0 Å². The van der Waals surface area contributed by atoms with Crippen LogP contribution in [0, 0.1) is 23.6 Å². The number of benzene rings is 1. The number of nitrogens with zero attached hydrogens (tertiary/aromatic N) is 3. The second-order valence-electron chi connectivity index (χ2n) is 9.51. The Kier molecular flexibility index (Phi) is 3.59. The number of anilines is 1. The fourth-order valence-electron chi connectivity index (χ4n) is 6.98. The summed E-state index contributed by atoms with van der Waals surface area (Å²) in [7, 11) is 3.65. The molecule has 7 rings (SSSR count). The van der Waals surface area contributed by atoms with Crippen molar-refractivity contribution in [3.05, 3.63) is 50.6 Å². The molecule has 0 radical (unpaired) electrons. The molecule has 4 atom stereocenters. The van der Waals surface area contributed by atoms with E-state index in [1.807, 2.05) is 12.4 Å². The summed E-state index contributed by atoms with van der Waals surface area (Å²) in [6, 6.07) is 1.23. The number of hydrogen-bond acceptors (Lipinski definition) is 6. The third-order valence-electron chi connectivity index (χ3n) is 8.35. The van der Waals surface area contributed by atoms with Gasteiger partial charge in [0, 0.05) is 37.0 Å². The highest BCUT2D eigenvalue weighted by Gasteiger charge is 2.57. The lowest BCUT2D eigenvalue weighted by atomic mass is 9.82. The minimum Gasteiger partial charge on any atom is -0.477 e. The largest absolute Gasteiger partial charge is 0.477 e. The first-order valence-corrected chi connectivity index (χ1v) is 11.9. The Morgan fingerprint density at radius 1 is 1.39 bits per heavy atom. The molecule has 4 aromatic rings. The summed E-state index contributed by atoms with van der Waals surface area (Å²) in [5.41, 5.74) is 0.737. The number of halogens is 1. The second kappa shape index (κ2) is 6.09. The van der Waals surface area contributed by atoms with Gasteiger partial charge < -0.3 is 15.3 Å². The van der Waals surface area contributed by atoms with Crippen molar-refractivity contribution in [2.75, 3.05) is 32.1 Å². The first-order chi connectivity index (χ1) is 15.9. The monoisotopic (exact) mass is 464 g/mol. The van der Waals surface area contributed by atoms with Gasteiger partial charge in [-0.1, -0.05) is 12.2 Å². The predicted octanol–water partition coefficient (Wildman–Crippen LogP) is 2.51. The van der Waals surface area contributed by atoms with E-state index in [-0.39, 0.29) is 16.5 Å². The van der Waals surface area contributed by atoms with Crippen LogP contribution in [-0.2, 0) is 0 Å². The van der Waals surface area contributed by atoms with Gasteiger partial charge in [0.1, 0.15) is 16.2 Å². The van der Waals surface area contributed by atoms with E-state index in [2.05, 4.69) is 27.4 Å². The highest BCUT2D eigenvalue weighted by Crippen LogP contribution is 2.55. The Bertz CT molecular complexity index is 1660. The molecule has 2 aliphatic carbocycles. The zero-order chi connectivity index (χ0) is 22.8. The summed E-state index contributed by atoms with van der Waals surface area (Å²) in [5.74, 6) is -0.492. The fourth-order valence-corrected chi connectivity index (χ4v) is 8.01. The van der Waals surface area contributed by atoms with Crippen LogP contribution < -0.4 is 21.0 Å². The first kappa shape index (κ1) is 19.4. The van der Waals surface area contributed by atoms with E-state index in [4.69, 9.17) is 0 Å². The van der Waals surface area contributed by atoms with Crippen molar-refractivity contribution in [1.29, 1.82) is 0 Å². The van der Waals surface area contributed by atoms with E-state index in [0.29, 0.717) is 50.0 Å². The number of hydrogen-bond donors (Lipinski definition) is 2. The smallest absolute Gasteiger partial charge is 0.342 e. The van der Waals surface area contributed by atoms with Gasteiger partial charge in [0.2, 0.25) is 5.43 Å². The van der Waals surface area contributed by atoms with E-state index < -0.39 is 17.2 Å². The molecule has 1 saturated heterocycles. The Morgan fingerprint density at radius 2 is 2.21 bits per heavy atom. The van der Waals surface area contributed by atoms with Gasteiger partial charge in [-0.15, -0.1) is 11.3 Å². The van der Waals surface area contributed by atoms with Crippen LogP contribution in [0.1, 0.15) is 16.8 Å². The molecule has 9 heteroatoms. The third-order valence-corrected chi connectivity index (χ3v) is 9.30. The summed E-state index contributed by atoms with van der Waals surface area (Å²) in [5, 5.41) is 16.3. The van der Waals surface area contributed by atoms with Crippen LogP contribution in [0.2, 0.25) is 0 Å². The number of carboxylic acids is 1. The maximum atomic E-state index is 15.8. The number of fused-ring (bicyclic) bond motifs is 5. The Morgan fingerprint density at radius 3 is 2.94 bits per heavy atom. The zero-order valence-corrected chi connectivity index (χ0v) is 18.9. The first-order valence-electron chi connectivity index (χ1n) is 11.1. The van der Waals surface area contributed by atoms with E-state index in [1.165, 1.54) is 17.4 Å². The lowest BCUT2D eigenvalue weighted by molar-refractivity contribution is 0.0697. The van der Waals surface area contributed by atoms with Crippen molar-refractivity contribution in [1.82, 2.24) is 9.72 Å². The van der Waals surface area contributed by atoms with E-state index in [9.17, 15) is 14.7 Å². The molecular formula is C24H21FN4O3S. The molecule has 3 aromatic heterocycles. The fraction of sp³-hybridized carbons (Fsp3) is 0.375. The minimum absolute atomic E-state index is 0.0434. The van der Waals surface area contributed by atoms with Crippen molar-refractivity contribution >= 4 is 49.6 Å². The summed E-state index contributed by atoms with van der Waals surface area (Å²) in [6.07, 6.45) is 5.67. The highest BCUT2D eigenvalue weighted by molar-refractivity contribution is 7.16. The average molecular weight is 465 g/mol. The predicted molar refractivity (Wildman–Crippen MR) is 126 cm³/mol. The van der Waals surface area contributed by atoms with Gasteiger partial charge in [-0.3, -0.25) is 14.2 Å². The molecule has 1 aliphatic heterocycles. The number of pyridine rings is 1. The van der Waals surface area contributed by atoms with Gasteiger partial charge in [-0.2, -0.15) is 0 Å². The van der Waals surface area contributed by atoms with Gasteiger partial charge in [0.05, 0.1) is 32.9 Å². The Labute approximate surface area is 191 Å². The number of aromatic carboxylic acids is 1. The molecule has 2 bridgehead atoms. The van der Waals surface area contributed by atoms with Crippen LogP contribution in [-0.4, -0.2) is 48.2 Å². The van der Waals surface area contributed by atoms with Crippen molar-refractivity contribution in [2.24, 2.45) is 22.7 Å². The second-order valence-corrected chi connectivity index (χ2v) is 10.4. The SMILES string of the molecule is CN=c1c2c(N3CC4C5C=CC(NC)(C5)C4C3)c(F)cc3c(=O)c(C(=O)O)c4scc1n4c32. The average Bonchev–Trinajstić information content (AvgIpc) is 3.57. The van der Waals surface area contributed by atoms with Crippen LogP contribution >= 0.6 is 11.3 Å².